The van der Waals surface area contributed by atoms with Crippen molar-refractivity contribution >= 4 is 29.1 Å². The standard InChI is InChI=1S/C17H21ClN2O4/c18-12-4-6-13(7-5-12)20-16(22)15(21)19-10-14-11-23-17(24-14)8-2-1-3-9-17/h4-7,14H,1-3,8-11H2,(H,19,21)(H,20,22). The maximum atomic E-state index is 11.9. The molecule has 1 aromatic carbocycles. The molecule has 1 heterocycles. The number of halogens is 1. The number of benzene rings is 1. The van der Waals surface area contributed by atoms with E-state index in [2.05, 4.69) is 10.6 Å². The molecule has 2 N–H and O–H groups in total. The number of ether oxygens (including phenoxy) is 2. The van der Waals surface area contributed by atoms with E-state index in [-0.39, 0.29) is 12.6 Å². The van der Waals surface area contributed by atoms with Gasteiger partial charge in [0.15, 0.2) is 5.79 Å². The minimum absolute atomic E-state index is 0.213. The predicted octanol–water partition coefficient (Wildman–Crippen LogP) is 2.47. The average Bonchev–Trinajstić information content (AvgIpc) is 2.98. The smallest absolute Gasteiger partial charge is 0.313 e. The Kier molecular flexibility index (Phi) is 5.38. The molecular weight excluding hydrogens is 332 g/mol. The van der Waals surface area contributed by atoms with Gasteiger partial charge in [0.25, 0.3) is 0 Å². The number of rotatable bonds is 3. The Labute approximate surface area is 145 Å². The van der Waals surface area contributed by atoms with Gasteiger partial charge in [0.2, 0.25) is 0 Å². The van der Waals surface area contributed by atoms with Crippen LogP contribution < -0.4 is 10.6 Å². The summed E-state index contributed by atoms with van der Waals surface area (Å²) >= 11 is 5.78. The van der Waals surface area contributed by atoms with Gasteiger partial charge in [0.1, 0.15) is 6.10 Å². The zero-order valence-corrected chi connectivity index (χ0v) is 14.1. The van der Waals surface area contributed by atoms with Gasteiger partial charge in [-0.2, -0.15) is 0 Å². The van der Waals surface area contributed by atoms with Crippen molar-refractivity contribution in [3.63, 3.8) is 0 Å². The van der Waals surface area contributed by atoms with Gasteiger partial charge in [0, 0.05) is 30.1 Å². The van der Waals surface area contributed by atoms with Crippen LogP contribution in [0.15, 0.2) is 24.3 Å². The first-order valence-electron chi connectivity index (χ1n) is 8.23. The quantitative estimate of drug-likeness (QED) is 0.819. The molecule has 1 saturated heterocycles. The number of carbonyl (C=O) groups is 2. The zero-order chi connectivity index (χ0) is 17.0. The number of hydrogen-bond acceptors (Lipinski definition) is 4. The Morgan fingerprint density at radius 1 is 1.12 bits per heavy atom. The van der Waals surface area contributed by atoms with Crippen molar-refractivity contribution in [2.75, 3.05) is 18.5 Å². The molecule has 2 fully saturated rings. The molecule has 3 rings (SSSR count). The number of nitrogens with one attached hydrogen (secondary N) is 2. The Morgan fingerprint density at radius 2 is 1.83 bits per heavy atom. The minimum atomic E-state index is -0.719. The first-order chi connectivity index (χ1) is 11.6. The third kappa shape index (κ3) is 4.26. The first kappa shape index (κ1) is 17.2. The Bertz CT molecular complexity index is 599. The highest BCUT2D eigenvalue weighted by Crippen LogP contribution is 2.37. The van der Waals surface area contributed by atoms with Crippen molar-refractivity contribution < 1.29 is 19.1 Å². The van der Waals surface area contributed by atoms with Crippen molar-refractivity contribution in [1.82, 2.24) is 5.32 Å². The molecule has 6 nitrogen and oxygen atoms in total. The van der Waals surface area contributed by atoms with Crippen LogP contribution in [0.2, 0.25) is 5.02 Å². The average molecular weight is 353 g/mol. The van der Waals surface area contributed by atoms with Crippen LogP contribution in [0.3, 0.4) is 0 Å². The van der Waals surface area contributed by atoms with Crippen LogP contribution in [-0.2, 0) is 19.1 Å². The summed E-state index contributed by atoms with van der Waals surface area (Å²) in [5, 5.41) is 5.68. The van der Waals surface area contributed by atoms with Crippen molar-refractivity contribution in [2.24, 2.45) is 0 Å². The summed E-state index contributed by atoms with van der Waals surface area (Å²) in [5.74, 6) is -1.89. The highest BCUT2D eigenvalue weighted by atomic mass is 35.5. The number of carbonyl (C=O) groups excluding carboxylic acids is 2. The van der Waals surface area contributed by atoms with Crippen LogP contribution in [0.4, 0.5) is 5.69 Å². The molecule has 1 atom stereocenters. The summed E-state index contributed by atoms with van der Waals surface area (Å²) in [6, 6.07) is 6.55. The lowest BCUT2D eigenvalue weighted by Crippen LogP contribution is -2.41. The van der Waals surface area contributed by atoms with E-state index in [1.54, 1.807) is 24.3 Å². The van der Waals surface area contributed by atoms with Crippen molar-refractivity contribution in [3.8, 4) is 0 Å². The largest absolute Gasteiger partial charge is 0.347 e. The van der Waals surface area contributed by atoms with Crippen LogP contribution in [0, 0.1) is 0 Å². The lowest BCUT2D eigenvalue weighted by molar-refractivity contribution is -0.186. The second-order valence-electron chi connectivity index (χ2n) is 6.19. The molecular formula is C17H21ClN2O4. The summed E-state index contributed by atoms with van der Waals surface area (Å²) in [6.45, 7) is 0.702. The van der Waals surface area contributed by atoms with Gasteiger partial charge >= 0.3 is 11.8 Å². The number of anilines is 1. The van der Waals surface area contributed by atoms with E-state index >= 15 is 0 Å². The summed E-state index contributed by atoms with van der Waals surface area (Å²) in [7, 11) is 0. The molecule has 1 aliphatic heterocycles. The third-order valence-corrected chi connectivity index (χ3v) is 4.58. The fourth-order valence-corrected chi connectivity index (χ4v) is 3.20. The number of hydrogen-bond donors (Lipinski definition) is 2. The Morgan fingerprint density at radius 3 is 2.54 bits per heavy atom. The van der Waals surface area contributed by atoms with Gasteiger partial charge < -0.3 is 20.1 Å². The Hall–Kier alpha value is -1.63. The SMILES string of the molecule is O=C(NCC1COC2(CCCCC2)O1)C(=O)Nc1ccc(Cl)cc1. The summed E-state index contributed by atoms with van der Waals surface area (Å²) in [4.78, 5) is 23.8. The van der Waals surface area contributed by atoms with Crippen molar-refractivity contribution in [2.45, 2.75) is 44.0 Å². The van der Waals surface area contributed by atoms with E-state index in [1.165, 1.54) is 6.42 Å². The molecule has 0 bridgehead atoms. The number of amides is 2. The molecule has 1 saturated carbocycles. The predicted molar refractivity (Wildman–Crippen MR) is 89.7 cm³/mol. The van der Waals surface area contributed by atoms with E-state index in [9.17, 15) is 9.59 Å². The molecule has 24 heavy (non-hydrogen) atoms. The van der Waals surface area contributed by atoms with Gasteiger partial charge in [-0.05, 0) is 37.1 Å². The molecule has 7 heteroatoms. The maximum Gasteiger partial charge on any atom is 0.313 e. The minimum Gasteiger partial charge on any atom is -0.347 e. The molecule has 2 aliphatic rings. The van der Waals surface area contributed by atoms with E-state index in [0.29, 0.717) is 17.3 Å². The second-order valence-corrected chi connectivity index (χ2v) is 6.63. The highest BCUT2D eigenvalue weighted by Gasteiger charge is 2.42. The summed E-state index contributed by atoms with van der Waals surface area (Å²) < 4.78 is 11.8. The topological polar surface area (TPSA) is 76.7 Å². The molecule has 1 aliphatic carbocycles. The summed E-state index contributed by atoms with van der Waals surface area (Å²) in [5.41, 5.74) is 0.515. The van der Waals surface area contributed by atoms with Crippen molar-refractivity contribution in [3.05, 3.63) is 29.3 Å². The van der Waals surface area contributed by atoms with Crippen LogP contribution in [0.1, 0.15) is 32.1 Å². The molecule has 1 spiro atoms. The lowest BCUT2D eigenvalue weighted by Gasteiger charge is -2.31. The zero-order valence-electron chi connectivity index (χ0n) is 13.3. The first-order valence-corrected chi connectivity index (χ1v) is 8.61. The van der Waals surface area contributed by atoms with Crippen LogP contribution in [-0.4, -0.2) is 36.9 Å². The summed E-state index contributed by atoms with van der Waals surface area (Å²) in [6.07, 6.45) is 4.99. The fraction of sp³-hybridized carbons (Fsp3) is 0.529. The fourth-order valence-electron chi connectivity index (χ4n) is 3.08. The highest BCUT2D eigenvalue weighted by molar-refractivity contribution is 6.39. The van der Waals surface area contributed by atoms with Crippen LogP contribution >= 0.6 is 11.6 Å². The second kappa shape index (κ2) is 7.51. The third-order valence-electron chi connectivity index (χ3n) is 4.33. The van der Waals surface area contributed by atoms with Gasteiger partial charge in [0.05, 0.1) is 6.61 Å². The molecule has 0 aromatic heterocycles. The molecule has 1 unspecified atom stereocenters. The lowest BCUT2D eigenvalue weighted by atomic mass is 9.94. The van der Waals surface area contributed by atoms with Gasteiger partial charge in [-0.3, -0.25) is 9.59 Å². The molecule has 130 valence electrons. The van der Waals surface area contributed by atoms with E-state index in [0.717, 1.165) is 25.7 Å². The van der Waals surface area contributed by atoms with Gasteiger partial charge in [-0.25, -0.2) is 0 Å². The van der Waals surface area contributed by atoms with E-state index in [1.807, 2.05) is 0 Å². The monoisotopic (exact) mass is 352 g/mol. The maximum absolute atomic E-state index is 11.9. The molecule has 2 amide bonds. The molecule has 1 aromatic rings. The van der Waals surface area contributed by atoms with Gasteiger partial charge in [-0.15, -0.1) is 0 Å². The Balaban J connectivity index is 1.43. The van der Waals surface area contributed by atoms with E-state index in [4.69, 9.17) is 21.1 Å². The van der Waals surface area contributed by atoms with Gasteiger partial charge in [-0.1, -0.05) is 18.0 Å². The normalized spacial score (nSPS) is 22.3. The van der Waals surface area contributed by atoms with E-state index < -0.39 is 17.6 Å². The van der Waals surface area contributed by atoms with Crippen molar-refractivity contribution in [1.29, 1.82) is 0 Å². The molecule has 0 radical (unpaired) electrons. The van der Waals surface area contributed by atoms with Crippen LogP contribution in [0.25, 0.3) is 0 Å². The van der Waals surface area contributed by atoms with Crippen LogP contribution in [0.5, 0.6) is 0 Å².